The van der Waals surface area contributed by atoms with E-state index in [4.69, 9.17) is 0 Å². The van der Waals surface area contributed by atoms with Crippen molar-refractivity contribution in [2.45, 2.75) is 46.5 Å². The highest BCUT2D eigenvalue weighted by molar-refractivity contribution is 9.09. The second-order valence-electron chi connectivity index (χ2n) is 5.54. The van der Waals surface area contributed by atoms with Crippen LogP contribution in [0.3, 0.4) is 0 Å². The number of hydrogen-bond donors (Lipinski definition) is 1. The Hall–Kier alpha value is -0.830. The lowest BCUT2D eigenvalue weighted by Crippen LogP contribution is -2.31. The minimum atomic E-state index is 0.134. The molecule has 1 amide bonds. The predicted octanol–water partition coefficient (Wildman–Crippen LogP) is 4.16. The van der Waals surface area contributed by atoms with Crippen LogP contribution in [0.2, 0.25) is 0 Å². The van der Waals surface area contributed by atoms with E-state index in [1.54, 1.807) is 0 Å². The Morgan fingerprint density at radius 2 is 2.05 bits per heavy atom. The standard InChI is InChI=1S/C17H26BrNO/c1-4-5-15(8-9-18)12-19-17(20)11-16-10-13(2)6-7-14(16)3/h6-7,10,15H,4-5,8-9,11-12H2,1-3H3,(H,19,20). The van der Waals surface area contributed by atoms with Gasteiger partial charge in [-0.1, -0.05) is 53.0 Å². The number of halogens is 1. The van der Waals surface area contributed by atoms with Gasteiger partial charge in [-0.3, -0.25) is 4.79 Å². The molecule has 1 rings (SSSR count). The number of benzene rings is 1. The van der Waals surface area contributed by atoms with E-state index in [0.29, 0.717) is 12.3 Å². The molecule has 0 aliphatic heterocycles. The lowest BCUT2D eigenvalue weighted by Gasteiger charge is -2.16. The molecule has 0 aliphatic carbocycles. The third-order valence-electron chi connectivity index (χ3n) is 3.66. The first kappa shape index (κ1) is 17.2. The van der Waals surface area contributed by atoms with Gasteiger partial charge < -0.3 is 5.32 Å². The fraction of sp³-hybridized carbons (Fsp3) is 0.588. The van der Waals surface area contributed by atoms with Crippen LogP contribution in [0.25, 0.3) is 0 Å². The fourth-order valence-electron chi connectivity index (χ4n) is 2.40. The van der Waals surface area contributed by atoms with Gasteiger partial charge in [-0.05, 0) is 43.7 Å². The van der Waals surface area contributed by atoms with Crippen molar-refractivity contribution in [2.75, 3.05) is 11.9 Å². The van der Waals surface area contributed by atoms with Crippen molar-refractivity contribution in [2.24, 2.45) is 5.92 Å². The molecule has 0 saturated carbocycles. The van der Waals surface area contributed by atoms with Crippen molar-refractivity contribution in [3.63, 3.8) is 0 Å². The van der Waals surface area contributed by atoms with E-state index in [1.165, 1.54) is 24.0 Å². The van der Waals surface area contributed by atoms with Gasteiger partial charge in [0.15, 0.2) is 0 Å². The topological polar surface area (TPSA) is 29.1 Å². The number of rotatable bonds is 8. The van der Waals surface area contributed by atoms with Crippen LogP contribution in [0.4, 0.5) is 0 Å². The molecule has 1 unspecified atom stereocenters. The van der Waals surface area contributed by atoms with E-state index in [0.717, 1.165) is 23.9 Å². The second kappa shape index (κ2) is 9.17. The zero-order chi connectivity index (χ0) is 15.0. The molecular formula is C17H26BrNO. The molecule has 1 N–H and O–H groups in total. The minimum Gasteiger partial charge on any atom is -0.356 e. The van der Waals surface area contributed by atoms with Crippen molar-refractivity contribution in [3.05, 3.63) is 34.9 Å². The van der Waals surface area contributed by atoms with Gasteiger partial charge in [0.05, 0.1) is 6.42 Å². The highest BCUT2D eigenvalue weighted by atomic mass is 79.9. The molecule has 0 fully saturated rings. The third kappa shape index (κ3) is 6.08. The highest BCUT2D eigenvalue weighted by Crippen LogP contribution is 2.13. The summed E-state index contributed by atoms with van der Waals surface area (Å²) in [6.07, 6.45) is 3.96. The number of alkyl halides is 1. The zero-order valence-corrected chi connectivity index (χ0v) is 14.4. The SMILES string of the molecule is CCCC(CCBr)CNC(=O)Cc1cc(C)ccc1C. The van der Waals surface area contributed by atoms with Gasteiger partial charge in [0.1, 0.15) is 0 Å². The number of hydrogen-bond acceptors (Lipinski definition) is 1. The first-order valence-corrected chi connectivity index (χ1v) is 8.57. The van der Waals surface area contributed by atoms with Gasteiger partial charge in [-0.15, -0.1) is 0 Å². The Morgan fingerprint density at radius 1 is 1.30 bits per heavy atom. The number of carbonyl (C=O) groups is 1. The van der Waals surface area contributed by atoms with Gasteiger partial charge in [-0.25, -0.2) is 0 Å². The van der Waals surface area contributed by atoms with E-state index in [2.05, 4.69) is 60.2 Å². The van der Waals surface area contributed by atoms with Crippen molar-refractivity contribution in [3.8, 4) is 0 Å². The van der Waals surface area contributed by atoms with E-state index in [-0.39, 0.29) is 5.91 Å². The molecule has 0 bridgehead atoms. The van der Waals surface area contributed by atoms with E-state index >= 15 is 0 Å². The molecule has 1 aromatic rings. The largest absolute Gasteiger partial charge is 0.356 e. The number of carbonyl (C=O) groups excluding carboxylic acids is 1. The number of amides is 1. The Bertz CT molecular complexity index is 425. The van der Waals surface area contributed by atoms with Gasteiger partial charge in [0.25, 0.3) is 0 Å². The fourth-order valence-corrected chi connectivity index (χ4v) is 3.04. The maximum Gasteiger partial charge on any atom is 0.224 e. The summed E-state index contributed by atoms with van der Waals surface area (Å²) in [5.41, 5.74) is 3.54. The first-order chi connectivity index (χ1) is 9.56. The normalized spacial score (nSPS) is 12.2. The summed E-state index contributed by atoms with van der Waals surface area (Å²) >= 11 is 3.49. The van der Waals surface area contributed by atoms with Crippen molar-refractivity contribution < 1.29 is 4.79 Å². The molecule has 1 atom stereocenters. The molecular weight excluding hydrogens is 314 g/mol. The van der Waals surface area contributed by atoms with Crippen LogP contribution in [-0.4, -0.2) is 17.8 Å². The first-order valence-electron chi connectivity index (χ1n) is 7.45. The quantitative estimate of drug-likeness (QED) is 0.707. The van der Waals surface area contributed by atoms with Crippen molar-refractivity contribution in [1.82, 2.24) is 5.32 Å². The molecule has 112 valence electrons. The smallest absolute Gasteiger partial charge is 0.224 e. The molecule has 0 aliphatic rings. The molecule has 0 spiro atoms. The number of nitrogens with one attached hydrogen (secondary N) is 1. The molecule has 0 saturated heterocycles. The van der Waals surface area contributed by atoms with E-state index in [1.807, 2.05) is 0 Å². The Morgan fingerprint density at radius 3 is 2.70 bits per heavy atom. The lowest BCUT2D eigenvalue weighted by atomic mass is 10.00. The van der Waals surface area contributed by atoms with Crippen LogP contribution in [-0.2, 0) is 11.2 Å². The Labute approximate surface area is 131 Å². The summed E-state index contributed by atoms with van der Waals surface area (Å²) < 4.78 is 0. The van der Waals surface area contributed by atoms with Crippen molar-refractivity contribution >= 4 is 21.8 Å². The maximum absolute atomic E-state index is 12.1. The average molecular weight is 340 g/mol. The summed E-state index contributed by atoms with van der Waals surface area (Å²) in [6, 6.07) is 6.28. The summed E-state index contributed by atoms with van der Waals surface area (Å²) in [7, 11) is 0. The van der Waals surface area contributed by atoms with Crippen LogP contribution >= 0.6 is 15.9 Å². The van der Waals surface area contributed by atoms with Gasteiger partial charge >= 0.3 is 0 Å². The van der Waals surface area contributed by atoms with Crippen LogP contribution in [0.1, 0.15) is 42.9 Å². The monoisotopic (exact) mass is 339 g/mol. The predicted molar refractivity (Wildman–Crippen MR) is 89.4 cm³/mol. The van der Waals surface area contributed by atoms with Gasteiger partial charge in [0, 0.05) is 11.9 Å². The maximum atomic E-state index is 12.1. The van der Waals surface area contributed by atoms with Gasteiger partial charge in [-0.2, -0.15) is 0 Å². The lowest BCUT2D eigenvalue weighted by molar-refractivity contribution is -0.120. The Balaban J connectivity index is 2.48. The molecule has 2 nitrogen and oxygen atoms in total. The molecule has 3 heteroatoms. The molecule has 20 heavy (non-hydrogen) atoms. The van der Waals surface area contributed by atoms with Crippen LogP contribution < -0.4 is 5.32 Å². The molecule has 0 aromatic heterocycles. The van der Waals surface area contributed by atoms with Crippen LogP contribution in [0.5, 0.6) is 0 Å². The summed E-state index contributed by atoms with van der Waals surface area (Å²) in [5, 5.41) is 4.09. The highest BCUT2D eigenvalue weighted by Gasteiger charge is 2.10. The van der Waals surface area contributed by atoms with Crippen molar-refractivity contribution in [1.29, 1.82) is 0 Å². The van der Waals surface area contributed by atoms with Crippen LogP contribution in [0.15, 0.2) is 18.2 Å². The molecule has 0 radical (unpaired) electrons. The number of aryl methyl sites for hydroxylation is 2. The Kier molecular flexibility index (Phi) is 7.90. The zero-order valence-electron chi connectivity index (χ0n) is 12.8. The minimum absolute atomic E-state index is 0.134. The van der Waals surface area contributed by atoms with Crippen LogP contribution in [0, 0.1) is 19.8 Å². The van der Waals surface area contributed by atoms with E-state index in [9.17, 15) is 4.79 Å². The molecule has 0 heterocycles. The second-order valence-corrected chi connectivity index (χ2v) is 6.34. The summed E-state index contributed by atoms with van der Waals surface area (Å²) in [6.45, 7) is 7.11. The summed E-state index contributed by atoms with van der Waals surface area (Å²) in [5.74, 6) is 0.719. The summed E-state index contributed by atoms with van der Waals surface area (Å²) in [4.78, 5) is 12.1. The third-order valence-corrected chi connectivity index (χ3v) is 4.12. The van der Waals surface area contributed by atoms with E-state index < -0.39 is 0 Å². The van der Waals surface area contributed by atoms with Gasteiger partial charge in [0.2, 0.25) is 5.91 Å². The molecule has 1 aromatic carbocycles. The average Bonchev–Trinajstić information content (AvgIpc) is 2.41.